The van der Waals surface area contributed by atoms with Crippen LogP contribution in [-0.4, -0.2) is 30.0 Å². The summed E-state index contributed by atoms with van der Waals surface area (Å²) >= 11 is 0. The van der Waals surface area contributed by atoms with Gasteiger partial charge in [0.15, 0.2) is 11.6 Å². The van der Waals surface area contributed by atoms with E-state index in [-0.39, 0.29) is 5.82 Å². The highest BCUT2D eigenvalue weighted by Gasteiger charge is 2.05. The van der Waals surface area contributed by atoms with E-state index in [1.165, 1.54) is 5.56 Å². The standard InChI is InChI=1S/C16H19F2N3/c1-21(12-13-6-3-2-4-7-13)9-5-8-19-16-15(18)10-14(17)11-20-16/h2-4,6-7,10-11H,5,8-9,12H2,1H3,(H,19,20). The first-order valence-electron chi connectivity index (χ1n) is 6.92. The summed E-state index contributed by atoms with van der Waals surface area (Å²) < 4.78 is 26.1. The Bertz CT molecular complexity index is 561. The van der Waals surface area contributed by atoms with E-state index in [2.05, 4.69) is 27.3 Å². The highest BCUT2D eigenvalue weighted by atomic mass is 19.1. The second-order valence-corrected chi connectivity index (χ2v) is 4.99. The summed E-state index contributed by atoms with van der Waals surface area (Å²) in [5.74, 6) is -1.23. The predicted octanol–water partition coefficient (Wildman–Crippen LogP) is 3.29. The average Bonchev–Trinajstić information content (AvgIpc) is 2.46. The van der Waals surface area contributed by atoms with E-state index in [1.807, 2.05) is 25.2 Å². The molecule has 1 aromatic heterocycles. The molecule has 1 aromatic carbocycles. The summed E-state index contributed by atoms with van der Waals surface area (Å²) in [7, 11) is 2.05. The number of anilines is 1. The van der Waals surface area contributed by atoms with Crippen LogP contribution in [-0.2, 0) is 6.54 Å². The number of hydrogen-bond donors (Lipinski definition) is 1. The summed E-state index contributed by atoms with van der Waals surface area (Å²) in [4.78, 5) is 5.89. The second-order valence-electron chi connectivity index (χ2n) is 4.99. The molecule has 21 heavy (non-hydrogen) atoms. The van der Waals surface area contributed by atoms with Crippen LogP contribution in [0, 0.1) is 11.6 Å². The molecule has 1 heterocycles. The summed E-state index contributed by atoms with van der Waals surface area (Å²) in [6.45, 7) is 2.35. The van der Waals surface area contributed by atoms with Crippen LogP contribution in [0.4, 0.5) is 14.6 Å². The molecule has 0 aliphatic rings. The molecule has 3 nitrogen and oxygen atoms in total. The maximum absolute atomic E-state index is 13.3. The number of halogens is 2. The van der Waals surface area contributed by atoms with Crippen LogP contribution in [0.1, 0.15) is 12.0 Å². The Morgan fingerprint density at radius 2 is 1.95 bits per heavy atom. The SMILES string of the molecule is CN(CCCNc1ncc(F)cc1F)Cc1ccccc1. The molecule has 112 valence electrons. The second kappa shape index (κ2) is 7.69. The number of aromatic nitrogens is 1. The largest absolute Gasteiger partial charge is 0.368 e. The zero-order valence-electron chi connectivity index (χ0n) is 12.0. The highest BCUT2D eigenvalue weighted by Crippen LogP contribution is 2.11. The fraction of sp³-hybridized carbons (Fsp3) is 0.312. The third kappa shape index (κ3) is 5.11. The number of nitrogens with zero attached hydrogens (tertiary/aromatic N) is 2. The van der Waals surface area contributed by atoms with Gasteiger partial charge < -0.3 is 10.2 Å². The molecule has 0 aliphatic heterocycles. The summed E-state index contributed by atoms with van der Waals surface area (Å²) in [5.41, 5.74) is 1.26. The third-order valence-electron chi connectivity index (χ3n) is 3.11. The normalized spacial score (nSPS) is 10.9. The van der Waals surface area contributed by atoms with Crippen molar-refractivity contribution in [1.82, 2.24) is 9.88 Å². The molecule has 0 spiro atoms. The summed E-state index contributed by atoms with van der Waals surface area (Å²) in [6.07, 6.45) is 1.86. The van der Waals surface area contributed by atoms with Crippen LogP contribution in [0.2, 0.25) is 0 Å². The lowest BCUT2D eigenvalue weighted by Gasteiger charge is -2.16. The van der Waals surface area contributed by atoms with Crippen LogP contribution in [0.5, 0.6) is 0 Å². The van der Waals surface area contributed by atoms with Crippen molar-refractivity contribution in [2.75, 3.05) is 25.5 Å². The third-order valence-corrected chi connectivity index (χ3v) is 3.11. The van der Waals surface area contributed by atoms with Gasteiger partial charge in [0.25, 0.3) is 0 Å². The lowest BCUT2D eigenvalue weighted by Crippen LogP contribution is -2.21. The van der Waals surface area contributed by atoms with Crippen molar-refractivity contribution >= 4 is 5.82 Å². The van der Waals surface area contributed by atoms with Crippen LogP contribution >= 0.6 is 0 Å². The van der Waals surface area contributed by atoms with Gasteiger partial charge in [-0.05, 0) is 25.6 Å². The van der Waals surface area contributed by atoms with Gasteiger partial charge in [-0.3, -0.25) is 0 Å². The zero-order valence-corrected chi connectivity index (χ0v) is 12.0. The van der Waals surface area contributed by atoms with Crippen molar-refractivity contribution in [2.45, 2.75) is 13.0 Å². The first-order chi connectivity index (χ1) is 10.1. The van der Waals surface area contributed by atoms with Crippen molar-refractivity contribution in [3.63, 3.8) is 0 Å². The van der Waals surface area contributed by atoms with E-state index in [0.717, 1.165) is 31.8 Å². The first-order valence-corrected chi connectivity index (χ1v) is 6.92. The molecular formula is C16H19F2N3. The Balaban J connectivity index is 1.69. The quantitative estimate of drug-likeness (QED) is 0.793. The molecule has 5 heteroatoms. The lowest BCUT2D eigenvalue weighted by atomic mass is 10.2. The minimum absolute atomic E-state index is 0.0992. The Morgan fingerprint density at radius 3 is 2.67 bits per heavy atom. The maximum Gasteiger partial charge on any atom is 0.168 e. The van der Waals surface area contributed by atoms with E-state index >= 15 is 0 Å². The Hall–Kier alpha value is -2.01. The minimum atomic E-state index is -0.666. The Kier molecular flexibility index (Phi) is 5.63. The summed E-state index contributed by atoms with van der Waals surface area (Å²) in [5, 5.41) is 2.88. The summed E-state index contributed by atoms with van der Waals surface area (Å²) in [6, 6.07) is 11.1. The molecule has 0 fully saturated rings. The van der Waals surface area contributed by atoms with Gasteiger partial charge in [0.1, 0.15) is 5.82 Å². The average molecular weight is 291 g/mol. The molecule has 0 unspecified atom stereocenters. The van der Waals surface area contributed by atoms with E-state index < -0.39 is 11.6 Å². The van der Waals surface area contributed by atoms with Crippen LogP contribution in [0.25, 0.3) is 0 Å². The Labute approximate surface area is 123 Å². The van der Waals surface area contributed by atoms with E-state index in [4.69, 9.17) is 0 Å². The van der Waals surface area contributed by atoms with Gasteiger partial charge in [0, 0.05) is 19.2 Å². The van der Waals surface area contributed by atoms with Crippen molar-refractivity contribution in [2.24, 2.45) is 0 Å². The van der Waals surface area contributed by atoms with E-state index in [9.17, 15) is 8.78 Å². The lowest BCUT2D eigenvalue weighted by molar-refractivity contribution is 0.325. The topological polar surface area (TPSA) is 28.2 Å². The number of rotatable bonds is 7. The van der Waals surface area contributed by atoms with Crippen LogP contribution in [0.3, 0.4) is 0 Å². The van der Waals surface area contributed by atoms with Crippen molar-refractivity contribution < 1.29 is 8.78 Å². The van der Waals surface area contributed by atoms with Gasteiger partial charge in [-0.2, -0.15) is 0 Å². The van der Waals surface area contributed by atoms with Gasteiger partial charge in [-0.25, -0.2) is 13.8 Å². The van der Waals surface area contributed by atoms with Crippen molar-refractivity contribution in [3.05, 3.63) is 59.8 Å². The molecule has 0 amide bonds. The monoisotopic (exact) mass is 291 g/mol. The zero-order chi connectivity index (χ0) is 15.1. The molecule has 0 saturated carbocycles. The smallest absolute Gasteiger partial charge is 0.168 e. The minimum Gasteiger partial charge on any atom is -0.368 e. The molecule has 2 rings (SSSR count). The van der Waals surface area contributed by atoms with Gasteiger partial charge in [0.2, 0.25) is 0 Å². The fourth-order valence-electron chi connectivity index (χ4n) is 2.07. The number of nitrogens with one attached hydrogen (secondary N) is 1. The predicted molar refractivity (Wildman–Crippen MR) is 80.0 cm³/mol. The van der Waals surface area contributed by atoms with Crippen molar-refractivity contribution in [3.8, 4) is 0 Å². The van der Waals surface area contributed by atoms with Gasteiger partial charge in [0.05, 0.1) is 6.20 Å². The van der Waals surface area contributed by atoms with Crippen molar-refractivity contribution in [1.29, 1.82) is 0 Å². The van der Waals surface area contributed by atoms with Gasteiger partial charge >= 0.3 is 0 Å². The molecule has 2 aromatic rings. The van der Waals surface area contributed by atoms with Crippen LogP contribution in [0.15, 0.2) is 42.6 Å². The van der Waals surface area contributed by atoms with E-state index in [1.54, 1.807) is 0 Å². The number of benzene rings is 1. The first kappa shape index (κ1) is 15.4. The molecule has 0 aliphatic carbocycles. The van der Waals surface area contributed by atoms with Gasteiger partial charge in [-0.15, -0.1) is 0 Å². The van der Waals surface area contributed by atoms with E-state index in [0.29, 0.717) is 6.54 Å². The van der Waals surface area contributed by atoms with Gasteiger partial charge in [-0.1, -0.05) is 30.3 Å². The van der Waals surface area contributed by atoms with Crippen LogP contribution < -0.4 is 5.32 Å². The number of pyridine rings is 1. The number of hydrogen-bond acceptors (Lipinski definition) is 3. The molecular weight excluding hydrogens is 272 g/mol. The molecule has 0 saturated heterocycles. The fourth-order valence-corrected chi connectivity index (χ4v) is 2.07. The molecule has 1 N–H and O–H groups in total. The highest BCUT2D eigenvalue weighted by molar-refractivity contribution is 5.35. The maximum atomic E-state index is 13.3. The molecule has 0 atom stereocenters. The molecule has 0 radical (unpaired) electrons. The molecule has 0 bridgehead atoms. The Morgan fingerprint density at radius 1 is 1.19 bits per heavy atom.